The topological polar surface area (TPSA) is 29.1 Å². The molecule has 3 rings (SSSR count). The Morgan fingerprint density at radius 2 is 2.17 bits per heavy atom. The van der Waals surface area contributed by atoms with E-state index in [1.807, 2.05) is 0 Å². The van der Waals surface area contributed by atoms with E-state index in [0.717, 1.165) is 17.7 Å². The van der Waals surface area contributed by atoms with Gasteiger partial charge in [-0.05, 0) is 51.9 Å². The molecule has 0 aromatic heterocycles. The summed E-state index contributed by atoms with van der Waals surface area (Å²) in [6.45, 7) is 2.19. The highest BCUT2D eigenvalue weighted by atomic mass is 79.9. The number of carbonyl (C=O) groups is 1. The van der Waals surface area contributed by atoms with Crippen LogP contribution in [0.2, 0.25) is 0 Å². The SMILES string of the molecule is CC1CCCC1C1C(=O)Nc2c(Br)cc(F)cc21. The second-order valence-electron chi connectivity index (χ2n) is 5.39. The van der Waals surface area contributed by atoms with Crippen LogP contribution in [0.5, 0.6) is 0 Å². The summed E-state index contributed by atoms with van der Waals surface area (Å²) in [7, 11) is 0. The minimum atomic E-state index is -0.284. The van der Waals surface area contributed by atoms with E-state index in [2.05, 4.69) is 28.2 Å². The summed E-state index contributed by atoms with van der Waals surface area (Å²) in [5, 5.41) is 2.89. The van der Waals surface area contributed by atoms with Crippen LogP contribution in [0.4, 0.5) is 10.1 Å². The minimum absolute atomic E-state index is 0.0232. The number of benzene rings is 1. The van der Waals surface area contributed by atoms with Crippen molar-refractivity contribution in [3.05, 3.63) is 28.0 Å². The molecule has 1 aliphatic heterocycles. The van der Waals surface area contributed by atoms with Crippen LogP contribution in [0.1, 0.15) is 37.7 Å². The first-order chi connectivity index (χ1) is 8.58. The zero-order chi connectivity index (χ0) is 12.9. The van der Waals surface area contributed by atoms with Crippen LogP contribution in [0.25, 0.3) is 0 Å². The van der Waals surface area contributed by atoms with E-state index >= 15 is 0 Å². The molecule has 1 aliphatic carbocycles. The molecule has 1 heterocycles. The number of fused-ring (bicyclic) bond motifs is 1. The molecule has 1 saturated carbocycles. The quantitative estimate of drug-likeness (QED) is 0.832. The summed E-state index contributed by atoms with van der Waals surface area (Å²) in [5.41, 5.74) is 1.58. The molecule has 1 aromatic rings. The number of amides is 1. The Bertz CT molecular complexity index is 517. The first-order valence-electron chi connectivity index (χ1n) is 6.37. The summed E-state index contributed by atoms with van der Waals surface area (Å²) in [4.78, 5) is 12.2. The van der Waals surface area contributed by atoms with Crippen molar-refractivity contribution in [1.29, 1.82) is 0 Å². The van der Waals surface area contributed by atoms with Crippen LogP contribution in [0.15, 0.2) is 16.6 Å². The molecule has 2 nitrogen and oxygen atoms in total. The van der Waals surface area contributed by atoms with Crippen LogP contribution < -0.4 is 5.32 Å². The minimum Gasteiger partial charge on any atom is -0.324 e. The fraction of sp³-hybridized carbons (Fsp3) is 0.500. The van der Waals surface area contributed by atoms with Crippen molar-refractivity contribution in [2.45, 2.75) is 32.1 Å². The maximum Gasteiger partial charge on any atom is 0.232 e. The van der Waals surface area contributed by atoms with Crippen molar-refractivity contribution in [1.82, 2.24) is 0 Å². The van der Waals surface area contributed by atoms with Gasteiger partial charge >= 0.3 is 0 Å². The van der Waals surface area contributed by atoms with Crippen molar-refractivity contribution in [2.24, 2.45) is 11.8 Å². The number of anilines is 1. The Labute approximate surface area is 114 Å². The first-order valence-corrected chi connectivity index (χ1v) is 7.17. The van der Waals surface area contributed by atoms with Crippen molar-refractivity contribution in [2.75, 3.05) is 5.32 Å². The highest BCUT2D eigenvalue weighted by Crippen LogP contribution is 2.48. The molecule has 3 atom stereocenters. The van der Waals surface area contributed by atoms with Gasteiger partial charge in [0, 0.05) is 4.47 Å². The lowest BCUT2D eigenvalue weighted by Crippen LogP contribution is -2.22. The lowest BCUT2D eigenvalue weighted by Gasteiger charge is -2.21. The van der Waals surface area contributed by atoms with E-state index in [-0.39, 0.29) is 17.6 Å². The largest absolute Gasteiger partial charge is 0.324 e. The molecule has 1 amide bonds. The average Bonchev–Trinajstić information content (AvgIpc) is 2.82. The molecule has 3 unspecified atom stereocenters. The molecule has 0 bridgehead atoms. The number of hydrogen-bond acceptors (Lipinski definition) is 1. The summed E-state index contributed by atoms with van der Waals surface area (Å²) < 4.78 is 14.2. The third-order valence-corrected chi connectivity index (χ3v) is 4.93. The standard InChI is InChI=1S/C14H15BrFNO/c1-7-3-2-4-9(7)12-10-5-8(16)6-11(15)13(10)17-14(12)18/h5-7,9,12H,2-4H2,1H3,(H,17,18). The maximum atomic E-state index is 13.5. The van der Waals surface area contributed by atoms with Gasteiger partial charge in [0.15, 0.2) is 0 Å². The van der Waals surface area contributed by atoms with Crippen LogP contribution in [-0.4, -0.2) is 5.91 Å². The van der Waals surface area contributed by atoms with Gasteiger partial charge < -0.3 is 5.32 Å². The van der Waals surface area contributed by atoms with Gasteiger partial charge in [-0.1, -0.05) is 19.8 Å². The molecule has 96 valence electrons. The molecular weight excluding hydrogens is 297 g/mol. The summed E-state index contributed by atoms with van der Waals surface area (Å²) in [6, 6.07) is 2.91. The molecule has 1 fully saturated rings. The van der Waals surface area contributed by atoms with E-state index < -0.39 is 0 Å². The van der Waals surface area contributed by atoms with Gasteiger partial charge in [-0.25, -0.2) is 4.39 Å². The predicted molar refractivity (Wildman–Crippen MR) is 72.0 cm³/mol. The smallest absolute Gasteiger partial charge is 0.232 e. The third-order valence-electron chi connectivity index (χ3n) is 4.31. The van der Waals surface area contributed by atoms with E-state index in [1.54, 1.807) is 0 Å². The van der Waals surface area contributed by atoms with E-state index in [4.69, 9.17) is 0 Å². The van der Waals surface area contributed by atoms with Gasteiger partial charge in [-0.15, -0.1) is 0 Å². The second-order valence-corrected chi connectivity index (χ2v) is 6.25. The third kappa shape index (κ3) is 1.78. The molecule has 18 heavy (non-hydrogen) atoms. The Morgan fingerprint density at radius 3 is 2.83 bits per heavy atom. The molecule has 1 N–H and O–H groups in total. The van der Waals surface area contributed by atoms with Gasteiger partial charge in [-0.2, -0.15) is 0 Å². The highest BCUT2D eigenvalue weighted by Gasteiger charge is 2.41. The molecule has 0 saturated heterocycles. The molecule has 0 spiro atoms. The Balaban J connectivity index is 2.06. The van der Waals surface area contributed by atoms with Crippen LogP contribution in [0.3, 0.4) is 0 Å². The number of halogens is 2. The maximum absolute atomic E-state index is 13.5. The van der Waals surface area contributed by atoms with Gasteiger partial charge in [-0.3, -0.25) is 4.79 Å². The molecule has 0 radical (unpaired) electrons. The Morgan fingerprint density at radius 1 is 1.39 bits per heavy atom. The normalized spacial score (nSPS) is 30.4. The predicted octanol–water partition coefficient (Wildman–Crippen LogP) is 4.06. The number of rotatable bonds is 1. The van der Waals surface area contributed by atoms with E-state index in [9.17, 15) is 9.18 Å². The van der Waals surface area contributed by atoms with Gasteiger partial charge in [0.25, 0.3) is 0 Å². The monoisotopic (exact) mass is 311 g/mol. The summed E-state index contributed by atoms with van der Waals surface area (Å²) >= 11 is 3.32. The van der Waals surface area contributed by atoms with Crippen molar-refractivity contribution in [3.63, 3.8) is 0 Å². The zero-order valence-corrected chi connectivity index (χ0v) is 11.8. The van der Waals surface area contributed by atoms with Gasteiger partial charge in [0.1, 0.15) is 5.82 Å². The lowest BCUT2D eigenvalue weighted by atomic mass is 9.81. The average molecular weight is 312 g/mol. The number of carbonyl (C=O) groups excluding carboxylic acids is 1. The zero-order valence-electron chi connectivity index (χ0n) is 10.2. The second kappa shape index (κ2) is 4.34. The Kier molecular flexibility index (Phi) is 2.93. The highest BCUT2D eigenvalue weighted by molar-refractivity contribution is 9.10. The van der Waals surface area contributed by atoms with Crippen molar-refractivity contribution >= 4 is 27.5 Å². The van der Waals surface area contributed by atoms with E-state index in [0.29, 0.717) is 16.3 Å². The Hall–Kier alpha value is -0.900. The van der Waals surface area contributed by atoms with Crippen molar-refractivity contribution < 1.29 is 9.18 Å². The van der Waals surface area contributed by atoms with E-state index in [1.165, 1.54) is 25.0 Å². The summed E-state index contributed by atoms with van der Waals surface area (Å²) in [6.07, 6.45) is 3.40. The van der Waals surface area contributed by atoms with Crippen LogP contribution in [0, 0.1) is 17.7 Å². The van der Waals surface area contributed by atoms with Crippen LogP contribution >= 0.6 is 15.9 Å². The van der Waals surface area contributed by atoms with Crippen molar-refractivity contribution in [3.8, 4) is 0 Å². The van der Waals surface area contributed by atoms with Gasteiger partial charge in [0.2, 0.25) is 5.91 Å². The number of hydrogen-bond donors (Lipinski definition) is 1. The first kappa shape index (κ1) is 12.2. The lowest BCUT2D eigenvalue weighted by molar-refractivity contribution is -0.118. The molecule has 2 aliphatic rings. The molecule has 4 heteroatoms. The molecule has 1 aromatic carbocycles. The fourth-order valence-corrected chi connectivity index (χ4v) is 3.95. The summed E-state index contributed by atoms with van der Waals surface area (Å²) in [5.74, 6) is 0.445. The van der Waals surface area contributed by atoms with Gasteiger partial charge in [0.05, 0.1) is 11.6 Å². The fourth-order valence-electron chi connectivity index (χ4n) is 3.41. The molecular formula is C14H15BrFNO. The number of nitrogens with one attached hydrogen (secondary N) is 1. The van der Waals surface area contributed by atoms with Crippen LogP contribution in [-0.2, 0) is 4.79 Å².